The van der Waals surface area contributed by atoms with Crippen LogP contribution in [0.2, 0.25) is 0 Å². The fourth-order valence-electron chi connectivity index (χ4n) is 1.57. The molecule has 0 saturated carbocycles. The van der Waals surface area contributed by atoms with Crippen molar-refractivity contribution in [2.24, 2.45) is 5.41 Å². The summed E-state index contributed by atoms with van der Waals surface area (Å²) >= 11 is 0. The van der Waals surface area contributed by atoms with E-state index in [2.05, 4.69) is 39.5 Å². The Morgan fingerprint density at radius 1 is 0.875 bits per heavy atom. The van der Waals surface area contributed by atoms with Crippen molar-refractivity contribution in [2.45, 2.75) is 78.7 Å². The van der Waals surface area contributed by atoms with Crippen LogP contribution < -0.4 is 0 Å². The average Bonchev–Trinajstić information content (AvgIpc) is 2.22. The van der Waals surface area contributed by atoms with Gasteiger partial charge in [-0.05, 0) is 40.0 Å². The summed E-state index contributed by atoms with van der Waals surface area (Å²) in [5.41, 5.74) is -0.772. The third kappa shape index (κ3) is 7.77. The quantitative estimate of drug-likeness (QED) is 0.672. The Morgan fingerprint density at radius 3 is 1.88 bits per heavy atom. The lowest BCUT2D eigenvalue weighted by molar-refractivity contribution is 0.109. The molecule has 0 rings (SSSR count). The molecular formula is C15H28O. The summed E-state index contributed by atoms with van der Waals surface area (Å²) in [6.07, 6.45) is 6.45. The van der Waals surface area contributed by atoms with Crippen LogP contribution in [0.15, 0.2) is 0 Å². The molecule has 0 aliphatic heterocycles. The number of hydrogen-bond acceptors (Lipinski definition) is 1. The molecule has 1 heteroatoms. The molecule has 0 fully saturated rings. The second-order valence-electron chi connectivity index (χ2n) is 5.61. The van der Waals surface area contributed by atoms with Crippen molar-refractivity contribution in [2.75, 3.05) is 0 Å². The molecule has 1 atom stereocenters. The summed E-state index contributed by atoms with van der Waals surface area (Å²) in [5, 5.41) is 10.1. The second kappa shape index (κ2) is 6.97. The van der Waals surface area contributed by atoms with Gasteiger partial charge in [-0.15, -0.1) is 0 Å². The maximum atomic E-state index is 10.1. The van der Waals surface area contributed by atoms with Crippen LogP contribution in [0.5, 0.6) is 0 Å². The van der Waals surface area contributed by atoms with Crippen LogP contribution in [0.3, 0.4) is 0 Å². The molecule has 16 heavy (non-hydrogen) atoms. The van der Waals surface area contributed by atoms with E-state index in [1.807, 2.05) is 6.92 Å². The highest BCUT2D eigenvalue weighted by molar-refractivity contribution is 5.17. The van der Waals surface area contributed by atoms with Gasteiger partial charge >= 0.3 is 0 Å². The van der Waals surface area contributed by atoms with E-state index in [0.29, 0.717) is 0 Å². The molecule has 0 aliphatic carbocycles. The molecule has 1 unspecified atom stereocenters. The molecule has 0 bridgehead atoms. The molecule has 1 nitrogen and oxygen atoms in total. The molecule has 0 saturated heterocycles. The lowest BCUT2D eigenvalue weighted by Gasteiger charge is -2.20. The SMILES string of the molecule is CCCCC(C)(C)C#CC(C)(O)CCCC. The summed E-state index contributed by atoms with van der Waals surface area (Å²) in [6, 6.07) is 0. The van der Waals surface area contributed by atoms with E-state index in [9.17, 15) is 5.11 Å². The van der Waals surface area contributed by atoms with Gasteiger partial charge in [0.25, 0.3) is 0 Å². The maximum Gasteiger partial charge on any atom is 0.122 e. The lowest BCUT2D eigenvalue weighted by Crippen LogP contribution is -2.22. The van der Waals surface area contributed by atoms with Crippen molar-refractivity contribution in [3.63, 3.8) is 0 Å². The van der Waals surface area contributed by atoms with Gasteiger partial charge in [0.2, 0.25) is 0 Å². The molecule has 0 radical (unpaired) electrons. The Kier molecular flexibility index (Phi) is 6.76. The molecule has 0 aromatic rings. The van der Waals surface area contributed by atoms with E-state index in [0.717, 1.165) is 25.7 Å². The van der Waals surface area contributed by atoms with Crippen molar-refractivity contribution in [1.82, 2.24) is 0 Å². The molecule has 94 valence electrons. The monoisotopic (exact) mass is 224 g/mol. The molecular weight excluding hydrogens is 196 g/mol. The molecule has 0 aromatic heterocycles. The van der Waals surface area contributed by atoms with Gasteiger partial charge in [-0.2, -0.15) is 0 Å². The third-order valence-corrected chi connectivity index (χ3v) is 2.84. The summed E-state index contributed by atoms with van der Waals surface area (Å²) in [7, 11) is 0. The van der Waals surface area contributed by atoms with Crippen LogP contribution in [-0.4, -0.2) is 10.7 Å². The summed E-state index contributed by atoms with van der Waals surface area (Å²) in [4.78, 5) is 0. The van der Waals surface area contributed by atoms with Crippen LogP contribution in [0.25, 0.3) is 0 Å². The van der Waals surface area contributed by atoms with Crippen LogP contribution in [0.1, 0.15) is 73.1 Å². The van der Waals surface area contributed by atoms with Crippen molar-refractivity contribution in [1.29, 1.82) is 0 Å². The standard InChI is InChI=1S/C15H28O/c1-6-8-10-14(3,4)12-13-15(5,16)11-9-7-2/h16H,6-11H2,1-5H3. The Hall–Kier alpha value is -0.480. The highest BCUT2D eigenvalue weighted by Gasteiger charge is 2.18. The highest BCUT2D eigenvalue weighted by Crippen LogP contribution is 2.23. The minimum Gasteiger partial charge on any atom is -0.378 e. The van der Waals surface area contributed by atoms with Gasteiger partial charge in [0, 0.05) is 5.41 Å². The van der Waals surface area contributed by atoms with Crippen LogP contribution in [-0.2, 0) is 0 Å². The van der Waals surface area contributed by atoms with Crippen LogP contribution >= 0.6 is 0 Å². The Morgan fingerprint density at radius 2 is 1.38 bits per heavy atom. The Balaban J connectivity index is 4.33. The van der Waals surface area contributed by atoms with Crippen molar-refractivity contribution in [3.8, 4) is 11.8 Å². The molecule has 0 heterocycles. The van der Waals surface area contributed by atoms with Gasteiger partial charge in [-0.3, -0.25) is 0 Å². The van der Waals surface area contributed by atoms with E-state index in [1.165, 1.54) is 12.8 Å². The van der Waals surface area contributed by atoms with Crippen LogP contribution in [0, 0.1) is 17.3 Å². The summed E-state index contributed by atoms with van der Waals surface area (Å²) in [5.74, 6) is 6.29. The van der Waals surface area contributed by atoms with Crippen LogP contribution in [0.4, 0.5) is 0 Å². The van der Waals surface area contributed by atoms with E-state index in [4.69, 9.17) is 0 Å². The fourth-order valence-corrected chi connectivity index (χ4v) is 1.57. The zero-order valence-electron chi connectivity index (χ0n) is 11.7. The number of rotatable bonds is 6. The van der Waals surface area contributed by atoms with E-state index < -0.39 is 5.60 Å². The summed E-state index contributed by atoms with van der Waals surface area (Å²) < 4.78 is 0. The van der Waals surface area contributed by atoms with E-state index >= 15 is 0 Å². The average molecular weight is 224 g/mol. The van der Waals surface area contributed by atoms with Crippen molar-refractivity contribution < 1.29 is 5.11 Å². The van der Waals surface area contributed by atoms with Gasteiger partial charge in [0.1, 0.15) is 5.60 Å². The minimum absolute atomic E-state index is 0.0339. The Labute approximate surface area is 102 Å². The molecule has 1 N–H and O–H groups in total. The van der Waals surface area contributed by atoms with Gasteiger partial charge in [0.15, 0.2) is 0 Å². The second-order valence-corrected chi connectivity index (χ2v) is 5.61. The zero-order chi connectivity index (χ0) is 12.7. The third-order valence-electron chi connectivity index (χ3n) is 2.84. The zero-order valence-corrected chi connectivity index (χ0v) is 11.7. The molecule has 0 aromatic carbocycles. The first-order valence-corrected chi connectivity index (χ1v) is 6.59. The predicted molar refractivity (Wildman–Crippen MR) is 71.2 cm³/mol. The normalized spacial score (nSPS) is 15.1. The maximum absolute atomic E-state index is 10.1. The summed E-state index contributed by atoms with van der Waals surface area (Å²) in [6.45, 7) is 10.5. The fraction of sp³-hybridized carbons (Fsp3) is 0.867. The van der Waals surface area contributed by atoms with Gasteiger partial charge in [-0.1, -0.05) is 45.0 Å². The van der Waals surface area contributed by atoms with Crippen molar-refractivity contribution in [3.05, 3.63) is 0 Å². The first-order valence-electron chi connectivity index (χ1n) is 6.59. The van der Waals surface area contributed by atoms with Gasteiger partial charge in [0.05, 0.1) is 0 Å². The highest BCUT2D eigenvalue weighted by atomic mass is 16.3. The first-order chi connectivity index (χ1) is 7.33. The van der Waals surface area contributed by atoms with E-state index in [1.54, 1.807) is 0 Å². The van der Waals surface area contributed by atoms with Crippen molar-refractivity contribution >= 4 is 0 Å². The van der Waals surface area contributed by atoms with Gasteiger partial charge < -0.3 is 5.11 Å². The van der Waals surface area contributed by atoms with Gasteiger partial charge in [-0.25, -0.2) is 0 Å². The minimum atomic E-state index is -0.806. The smallest absolute Gasteiger partial charge is 0.122 e. The molecule has 0 spiro atoms. The number of unbranched alkanes of at least 4 members (excludes halogenated alkanes) is 2. The lowest BCUT2D eigenvalue weighted by atomic mass is 9.86. The Bertz CT molecular complexity index is 216. The molecule has 0 amide bonds. The largest absolute Gasteiger partial charge is 0.378 e. The number of aliphatic hydroxyl groups is 1. The first kappa shape index (κ1) is 15.5. The number of hydrogen-bond donors (Lipinski definition) is 1. The molecule has 0 aliphatic rings. The van der Waals surface area contributed by atoms with E-state index in [-0.39, 0.29) is 5.41 Å². The predicted octanol–water partition coefficient (Wildman–Crippen LogP) is 4.15. The topological polar surface area (TPSA) is 20.2 Å².